The Balaban J connectivity index is 1.40. The van der Waals surface area contributed by atoms with E-state index < -0.39 is 29.9 Å². The zero-order valence-electron chi connectivity index (χ0n) is 24.5. The summed E-state index contributed by atoms with van der Waals surface area (Å²) in [5, 5.41) is 13.9. The number of nitrogens with zero attached hydrogens (tertiary/aromatic N) is 5. The molecule has 230 valence electrons. The van der Waals surface area contributed by atoms with E-state index in [1.54, 1.807) is 50.2 Å². The molecule has 5 aliphatic rings. The molecule has 6 rings (SSSR count). The number of amides is 1. The molecule has 0 bridgehead atoms. The number of nitrogens with two attached hydrogens (primary N) is 1. The number of methoxy groups -OCH3 is 1. The van der Waals surface area contributed by atoms with Crippen molar-refractivity contribution in [2.45, 2.75) is 45.2 Å². The lowest BCUT2D eigenvalue weighted by Crippen LogP contribution is -2.53. The molecule has 4 N–H and O–H groups in total. The van der Waals surface area contributed by atoms with Crippen molar-refractivity contribution in [3.05, 3.63) is 47.0 Å². The molecule has 0 spiro atoms. The number of allylic oxidation sites excluding steroid dienone is 2. The van der Waals surface area contributed by atoms with Gasteiger partial charge in [0.2, 0.25) is 11.7 Å². The first-order valence-electron chi connectivity index (χ1n) is 13.9. The maximum atomic E-state index is 13.0. The number of aliphatic imine (C=N–C) groups is 3. The number of aliphatic hydroxyl groups is 1. The summed E-state index contributed by atoms with van der Waals surface area (Å²) in [7, 11) is 1.49. The molecule has 0 saturated carbocycles. The molecule has 2 atom stereocenters. The molecule has 15 nitrogen and oxygen atoms in total. The lowest BCUT2D eigenvalue weighted by molar-refractivity contribution is -0.141. The van der Waals surface area contributed by atoms with Crippen molar-refractivity contribution < 1.29 is 38.4 Å². The van der Waals surface area contributed by atoms with Crippen molar-refractivity contribution in [2.24, 2.45) is 20.7 Å². The van der Waals surface area contributed by atoms with Crippen LogP contribution in [0.5, 0.6) is 17.2 Å². The lowest BCUT2D eigenvalue weighted by Gasteiger charge is -2.34. The summed E-state index contributed by atoms with van der Waals surface area (Å²) in [4.78, 5) is 53.7. The molecule has 0 aromatic heterocycles. The zero-order chi connectivity index (χ0) is 31.3. The highest BCUT2D eigenvalue weighted by Gasteiger charge is 2.42. The number of nitrogens with one attached hydrogen (secondary N) is 1. The van der Waals surface area contributed by atoms with Gasteiger partial charge in [-0.3, -0.25) is 19.5 Å². The van der Waals surface area contributed by atoms with Crippen LogP contribution >= 0.6 is 0 Å². The Kier molecular flexibility index (Phi) is 7.11. The molecule has 1 aromatic rings. The summed E-state index contributed by atoms with van der Waals surface area (Å²) in [6.45, 7) is 5.39. The van der Waals surface area contributed by atoms with Crippen molar-refractivity contribution in [3.63, 3.8) is 0 Å². The quantitative estimate of drug-likeness (QED) is 0.270. The van der Waals surface area contributed by atoms with Gasteiger partial charge >= 0.3 is 11.9 Å². The third kappa shape index (κ3) is 4.74. The largest absolute Gasteiger partial charge is 0.496 e. The molecule has 5 heterocycles. The maximum absolute atomic E-state index is 13.0. The smallest absolute Gasteiger partial charge is 0.375 e. The minimum Gasteiger partial charge on any atom is -0.496 e. The van der Waals surface area contributed by atoms with Crippen molar-refractivity contribution in [3.8, 4) is 17.2 Å². The number of fused-ring (bicyclic) bond motifs is 3. The van der Waals surface area contributed by atoms with Gasteiger partial charge in [0.15, 0.2) is 24.1 Å². The summed E-state index contributed by atoms with van der Waals surface area (Å²) in [5.74, 6) is -0.427. The number of guanidine groups is 1. The van der Waals surface area contributed by atoms with Gasteiger partial charge in [0.05, 0.1) is 30.5 Å². The first-order valence-corrected chi connectivity index (χ1v) is 13.9. The highest BCUT2D eigenvalue weighted by atomic mass is 16.6. The number of carbonyl (C=O) groups excluding carboxylic acids is 3. The molecule has 44 heavy (non-hydrogen) atoms. The Labute approximate surface area is 252 Å². The Hall–Kier alpha value is -5.18. The molecular formula is C29H31N7O8. The second kappa shape index (κ2) is 10.8. The van der Waals surface area contributed by atoms with Crippen LogP contribution in [0, 0.1) is 0 Å². The van der Waals surface area contributed by atoms with Crippen LogP contribution < -0.4 is 25.3 Å². The summed E-state index contributed by atoms with van der Waals surface area (Å²) in [5.41, 5.74) is 6.23. The number of esters is 1. The second-order valence-electron chi connectivity index (χ2n) is 10.9. The van der Waals surface area contributed by atoms with Gasteiger partial charge in [-0.2, -0.15) is 9.98 Å². The third-order valence-corrected chi connectivity index (χ3v) is 7.68. The van der Waals surface area contributed by atoms with Crippen LogP contribution in [0.2, 0.25) is 0 Å². The van der Waals surface area contributed by atoms with Gasteiger partial charge in [0.25, 0.3) is 0 Å². The molecule has 15 heteroatoms. The highest BCUT2D eigenvalue weighted by molar-refractivity contribution is 6.69. The number of carbonyl (C=O) groups is 3. The molecule has 0 radical (unpaired) electrons. The number of benzene rings is 1. The topological polar surface area (TPSA) is 190 Å². The van der Waals surface area contributed by atoms with Gasteiger partial charge in [0, 0.05) is 42.6 Å². The van der Waals surface area contributed by atoms with E-state index in [4.69, 9.17) is 24.7 Å². The number of rotatable bonds is 8. The molecule has 0 saturated heterocycles. The zero-order valence-corrected chi connectivity index (χ0v) is 24.5. The summed E-state index contributed by atoms with van der Waals surface area (Å²) >= 11 is 0. The predicted octanol–water partition coefficient (Wildman–Crippen LogP) is 0.189. The Morgan fingerprint density at radius 1 is 1.32 bits per heavy atom. The predicted molar refractivity (Wildman–Crippen MR) is 157 cm³/mol. The fourth-order valence-corrected chi connectivity index (χ4v) is 5.60. The molecule has 5 aliphatic heterocycles. The minimum absolute atomic E-state index is 0.0159. The van der Waals surface area contributed by atoms with Crippen LogP contribution in [0.1, 0.15) is 31.9 Å². The molecule has 0 aliphatic carbocycles. The van der Waals surface area contributed by atoms with Gasteiger partial charge in [0.1, 0.15) is 30.0 Å². The van der Waals surface area contributed by atoms with E-state index in [1.165, 1.54) is 7.11 Å². The van der Waals surface area contributed by atoms with Gasteiger partial charge < -0.3 is 40.0 Å². The van der Waals surface area contributed by atoms with Gasteiger partial charge in [-0.1, -0.05) is 6.08 Å². The van der Waals surface area contributed by atoms with Crippen molar-refractivity contribution in [1.82, 2.24) is 15.1 Å². The van der Waals surface area contributed by atoms with E-state index in [-0.39, 0.29) is 48.6 Å². The Bertz CT molecular complexity index is 1650. The molecule has 1 amide bonds. The number of ether oxygens (including phenoxy) is 4. The fourth-order valence-electron chi connectivity index (χ4n) is 5.60. The van der Waals surface area contributed by atoms with E-state index in [9.17, 15) is 19.5 Å². The van der Waals surface area contributed by atoms with Gasteiger partial charge in [-0.25, -0.2) is 4.79 Å². The SMILES string of the molecule is CCOC(=O)C1=C(C=O)/C(=C\CN2C=CNC2N2CN=C3C(=O)N=C(N)N=C32)c2c(cc3c(c2OC)C[C@@H](C(C)(C)O)O3)O1. The standard InChI is InChI=1S/C29H31N7O8/c1-5-42-26(39)23-16(12-37)14(20-18(44-23)11-17-15(22(20)41-4)10-19(43-17)29(2,3)40)6-8-35-9-7-31-28(35)36-13-32-21-24(36)33-27(30)34-25(21)38/h6-7,9,11-12,19,28,31,40H,5,8,10,13H2,1-4H3,(H2,30,34,38)/b14-6+/t19-,28?/m0/s1. The average Bonchev–Trinajstić information content (AvgIpc) is 3.72. The number of aldehydes is 1. The van der Waals surface area contributed by atoms with Gasteiger partial charge in [-0.15, -0.1) is 0 Å². The normalized spacial score (nSPS) is 22.8. The summed E-state index contributed by atoms with van der Waals surface area (Å²) in [6, 6.07) is 1.63. The Morgan fingerprint density at radius 2 is 2.11 bits per heavy atom. The maximum Gasteiger partial charge on any atom is 0.375 e. The van der Waals surface area contributed by atoms with Crippen molar-refractivity contribution >= 4 is 41.2 Å². The van der Waals surface area contributed by atoms with E-state index in [0.29, 0.717) is 46.7 Å². The number of hydrogen-bond acceptors (Lipinski definition) is 14. The van der Waals surface area contributed by atoms with Crippen molar-refractivity contribution in [2.75, 3.05) is 26.9 Å². The van der Waals surface area contributed by atoms with Crippen LogP contribution in [-0.4, -0.2) is 95.5 Å². The summed E-state index contributed by atoms with van der Waals surface area (Å²) < 4.78 is 23.1. The Morgan fingerprint density at radius 3 is 2.82 bits per heavy atom. The third-order valence-electron chi connectivity index (χ3n) is 7.68. The van der Waals surface area contributed by atoms with E-state index in [2.05, 4.69) is 20.3 Å². The second-order valence-corrected chi connectivity index (χ2v) is 10.9. The van der Waals surface area contributed by atoms with Crippen LogP contribution in [0.3, 0.4) is 0 Å². The average molecular weight is 606 g/mol. The first kappa shape index (κ1) is 28.9. The lowest BCUT2D eigenvalue weighted by atomic mass is 9.89. The van der Waals surface area contributed by atoms with Crippen LogP contribution in [-0.2, 0) is 25.5 Å². The van der Waals surface area contributed by atoms with Crippen LogP contribution in [0.4, 0.5) is 0 Å². The van der Waals surface area contributed by atoms with Crippen LogP contribution in [0.25, 0.3) is 5.57 Å². The highest BCUT2D eigenvalue weighted by Crippen LogP contribution is 2.51. The first-order chi connectivity index (χ1) is 21.0. The summed E-state index contributed by atoms with van der Waals surface area (Å²) in [6.07, 6.45) is 5.11. The number of hydrogen-bond donors (Lipinski definition) is 3. The fraction of sp³-hybridized carbons (Fsp3) is 0.379. The van der Waals surface area contributed by atoms with Crippen molar-refractivity contribution in [1.29, 1.82) is 0 Å². The van der Waals surface area contributed by atoms with Crippen LogP contribution in [0.15, 0.2) is 50.9 Å². The number of amidine groups is 1. The van der Waals surface area contributed by atoms with Gasteiger partial charge in [-0.05, 0) is 20.8 Å². The monoisotopic (exact) mass is 605 g/mol. The van der Waals surface area contributed by atoms with E-state index in [1.807, 2.05) is 4.90 Å². The van der Waals surface area contributed by atoms with E-state index in [0.717, 1.165) is 0 Å². The minimum atomic E-state index is -1.15. The molecule has 0 fully saturated rings. The van der Waals surface area contributed by atoms with E-state index >= 15 is 0 Å². The molecule has 1 aromatic carbocycles. The molecular weight excluding hydrogens is 574 g/mol. The molecule has 1 unspecified atom stereocenters.